The minimum absolute atomic E-state index is 0.0969. The van der Waals surface area contributed by atoms with Crippen molar-refractivity contribution in [2.75, 3.05) is 7.11 Å². The summed E-state index contributed by atoms with van der Waals surface area (Å²) in [5.41, 5.74) is 3.56. The molecule has 2 atom stereocenters. The molecule has 0 aliphatic carbocycles. The van der Waals surface area contributed by atoms with Crippen LogP contribution in [-0.4, -0.2) is 24.1 Å². The fourth-order valence-corrected chi connectivity index (χ4v) is 2.91. The highest BCUT2D eigenvalue weighted by Crippen LogP contribution is 2.28. The lowest BCUT2D eigenvalue weighted by Gasteiger charge is -2.19. The molecule has 0 fully saturated rings. The molecule has 0 radical (unpaired) electrons. The van der Waals surface area contributed by atoms with Gasteiger partial charge in [0.15, 0.2) is 6.04 Å². The first-order valence-corrected chi connectivity index (χ1v) is 8.55. The van der Waals surface area contributed by atoms with E-state index in [0.29, 0.717) is 5.56 Å². The van der Waals surface area contributed by atoms with Crippen LogP contribution in [0.3, 0.4) is 0 Å². The van der Waals surface area contributed by atoms with Gasteiger partial charge in [-0.05, 0) is 48.1 Å². The molecule has 2 aromatic carbocycles. The van der Waals surface area contributed by atoms with Gasteiger partial charge in [0.2, 0.25) is 5.91 Å². The van der Waals surface area contributed by atoms with Crippen molar-refractivity contribution in [2.24, 2.45) is 0 Å². The van der Waals surface area contributed by atoms with Crippen molar-refractivity contribution in [3.63, 3.8) is 0 Å². The molecule has 0 aromatic heterocycles. The van der Waals surface area contributed by atoms with E-state index in [1.807, 2.05) is 51.1 Å². The molecule has 0 saturated heterocycles. The van der Waals surface area contributed by atoms with E-state index in [4.69, 9.17) is 4.74 Å². The van der Waals surface area contributed by atoms with Crippen LogP contribution in [0.4, 0.5) is 0 Å². The molecule has 26 heavy (non-hydrogen) atoms. The van der Waals surface area contributed by atoms with E-state index in [1.54, 1.807) is 19.2 Å². The number of carbonyl (C=O) groups excluding carboxylic acids is 1. The van der Waals surface area contributed by atoms with E-state index in [9.17, 15) is 14.7 Å². The summed E-state index contributed by atoms with van der Waals surface area (Å²) in [4.78, 5) is 24.1. The first-order valence-electron chi connectivity index (χ1n) is 8.55. The Morgan fingerprint density at radius 3 is 2.42 bits per heavy atom. The summed E-state index contributed by atoms with van der Waals surface area (Å²) in [6.45, 7) is 5.80. The number of hydrogen-bond acceptors (Lipinski definition) is 3. The van der Waals surface area contributed by atoms with Crippen LogP contribution < -0.4 is 10.1 Å². The predicted octanol–water partition coefficient (Wildman–Crippen LogP) is 3.75. The molecule has 2 unspecified atom stereocenters. The molecule has 0 saturated carbocycles. The number of carbonyl (C=O) groups is 2. The highest BCUT2D eigenvalue weighted by molar-refractivity contribution is 5.85. The molecule has 0 aliphatic rings. The molecular weight excluding hydrogens is 330 g/mol. The number of nitrogens with one attached hydrogen (secondary N) is 1. The predicted molar refractivity (Wildman–Crippen MR) is 100 cm³/mol. The smallest absolute Gasteiger partial charge is 0.330 e. The van der Waals surface area contributed by atoms with Gasteiger partial charge in [0.25, 0.3) is 0 Å². The van der Waals surface area contributed by atoms with Gasteiger partial charge < -0.3 is 15.2 Å². The monoisotopic (exact) mass is 355 g/mol. The number of carboxylic acid groups (broad SMARTS) is 1. The van der Waals surface area contributed by atoms with E-state index in [2.05, 4.69) is 5.32 Å². The third-order valence-corrected chi connectivity index (χ3v) is 4.58. The number of para-hydroxylation sites is 1. The van der Waals surface area contributed by atoms with Crippen molar-refractivity contribution in [1.29, 1.82) is 0 Å². The number of aliphatic carboxylic acids is 1. The van der Waals surface area contributed by atoms with Crippen molar-refractivity contribution in [2.45, 2.75) is 39.2 Å². The van der Waals surface area contributed by atoms with Crippen molar-refractivity contribution >= 4 is 11.9 Å². The second-order valence-corrected chi connectivity index (χ2v) is 6.53. The Morgan fingerprint density at radius 1 is 1.12 bits per heavy atom. The number of hydrogen-bond donors (Lipinski definition) is 2. The Kier molecular flexibility index (Phi) is 6.39. The highest BCUT2D eigenvalue weighted by atomic mass is 16.5. The number of carboxylic acids is 1. The Balaban J connectivity index is 2.12. The number of ether oxygens (including phenoxy) is 1. The molecule has 5 nitrogen and oxygen atoms in total. The standard InChI is InChI=1S/C21H25NO4/c1-13-9-10-16(11-14(13)2)20(21(24)25)22-19(23)12-15(3)17-7-5-6-8-18(17)26-4/h5-11,15,20H,12H2,1-4H3,(H,22,23)(H,24,25). The summed E-state index contributed by atoms with van der Waals surface area (Å²) >= 11 is 0. The van der Waals surface area contributed by atoms with Crippen molar-refractivity contribution in [3.8, 4) is 5.75 Å². The largest absolute Gasteiger partial charge is 0.496 e. The molecule has 2 rings (SSSR count). The zero-order chi connectivity index (χ0) is 19.3. The van der Waals surface area contributed by atoms with Crippen molar-refractivity contribution in [1.82, 2.24) is 5.32 Å². The summed E-state index contributed by atoms with van der Waals surface area (Å²) in [7, 11) is 1.59. The maximum absolute atomic E-state index is 12.5. The van der Waals surface area contributed by atoms with Crippen LogP contribution in [-0.2, 0) is 9.59 Å². The molecule has 1 amide bonds. The second kappa shape index (κ2) is 8.52. The van der Waals surface area contributed by atoms with Gasteiger partial charge in [-0.15, -0.1) is 0 Å². The van der Waals surface area contributed by atoms with Gasteiger partial charge in [0.05, 0.1) is 7.11 Å². The molecule has 138 valence electrons. The number of methoxy groups -OCH3 is 1. The zero-order valence-corrected chi connectivity index (χ0v) is 15.6. The minimum Gasteiger partial charge on any atom is -0.496 e. The summed E-state index contributed by atoms with van der Waals surface area (Å²) in [5.74, 6) is -0.766. The van der Waals surface area contributed by atoms with Crippen LogP contribution in [0.1, 0.15) is 47.6 Å². The summed E-state index contributed by atoms with van der Waals surface area (Å²) < 4.78 is 5.34. The number of rotatable bonds is 7. The summed E-state index contributed by atoms with van der Waals surface area (Å²) in [5, 5.41) is 12.2. The van der Waals surface area contributed by atoms with Crippen LogP contribution in [0.25, 0.3) is 0 Å². The summed E-state index contributed by atoms with van der Waals surface area (Å²) in [6, 6.07) is 11.9. The molecule has 5 heteroatoms. The van der Waals surface area contributed by atoms with Gasteiger partial charge in [-0.1, -0.05) is 43.3 Å². The van der Waals surface area contributed by atoms with Crippen LogP contribution in [0, 0.1) is 13.8 Å². The second-order valence-electron chi connectivity index (χ2n) is 6.53. The Hall–Kier alpha value is -2.82. The number of benzene rings is 2. The maximum Gasteiger partial charge on any atom is 0.330 e. The Labute approximate surface area is 154 Å². The zero-order valence-electron chi connectivity index (χ0n) is 15.6. The van der Waals surface area contributed by atoms with Gasteiger partial charge in [-0.3, -0.25) is 4.79 Å². The average molecular weight is 355 g/mol. The minimum atomic E-state index is -1.08. The number of amides is 1. The molecule has 2 N–H and O–H groups in total. The average Bonchev–Trinajstić information content (AvgIpc) is 2.61. The van der Waals surface area contributed by atoms with Crippen LogP contribution in [0.2, 0.25) is 0 Å². The third-order valence-electron chi connectivity index (χ3n) is 4.58. The van der Waals surface area contributed by atoms with Crippen LogP contribution in [0.5, 0.6) is 5.75 Å². The Bertz CT molecular complexity index is 800. The molecule has 0 aliphatic heterocycles. The maximum atomic E-state index is 12.5. The van der Waals surface area contributed by atoms with Gasteiger partial charge in [-0.2, -0.15) is 0 Å². The first kappa shape index (κ1) is 19.5. The number of aryl methyl sites for hydroxylation is 2. The normalized spacial score (nSPS) is 12.9. The fourth-order valence-electron chi connectivity index (χ4n) is 2.91. The van der Waals surface area contributed by atoms with Gasteiger partial charge >= 0.3 is 5.97 Å². The van der Waals surface area contributed by atoms with E-state index < -0.39 is 12.0 Å². The van der Waals surface area contributed by atoms with Crippen LogP contribution >= 0.6 is 0 Å². The molecule has 0 heterocycles. The Morgan fingerprint density at radius 2 is 1.81 bits per heavy atom. The van der Waals surface area contributed by atoms with E-state index in [0.717, 1.165) is 22.4 Å². The highest BCUT2D eigenvalue weighted by Gasteiger charge is 2.24. The quantitative estimate of drug-likeness (QED) is 0.793. The van der Waals surface area contributed by atoms with Gasteiger partial charge in [0.1, 0.15) is 5.75 Å². The van der Waals surface area contributed by atoms with Gasteiger partial charge in [-0.25, -0.2) is 4.79 Å². The fraction of sp³-hybridized carbons (Fsp3) is 0.333. The first-order chi connectivity index (χ1) is 12.3. The lowest BCUT2D eigenvalue weighted by Crippen LogP contribution is -2.34. The molecule has 0 bridgehead atoms. The van der Waals surface area contributed by atoms with E-state index >= 15 is 0 Å². The van der Waals surface area contributed by atoms with E-state index in [1.165, 1.54) is 0 Å². The van der Waals surface area contributed by atoms with Crippen molar-refractivity contribution < 1.29 is 19.4 Å². The summed E-state index contributed by atoms with van der Waals surface area (Å²) in [6.07, 6.45) is 0.176. The molecule has 0 spiro atoms. The van der Waals surface area contributed by atoms with Crippen molar-refractivity contribution in [3.05, 3.63) is 64.7 Å². The SMILES string of the molecule is COc1ccccc1C(C)CC(=O)NC(C(=O)O)c1ccc(C)c(C)c1. The third kappa shape index (κ3) is 4.63. The topological polar surface area (TPSA) is 75.6 Å². The molecular formula is C21H25NO4. The van der Waals surface area contributed by atoms with Crippen LogP contribution in [0.15, 0.2) is 42.5 Å². The lowest BCUT2D eigenvalue weighted by atomic mass is 9.95. The lowest BCUT2D eigenvalue weighted by molar-refractivity contribution is -0.142. The molecule has 2 aromatic rings. The van der Waals surface area contributed by atoms with Gasteiger partial charge in [0, 0.05) is 6.42 Å². The van der Waals surface area contributed by atoms with E-state index in [-0.39, 0.29) is 18.2 Å².